The van der Waals surface area contributed by atoms with Gasteiger partial charge in [-0.05, 0) is 58.6 Å². The summed E-state index contributed by atoms with van der Waals surface area (Å²) < 4.78 is 7.96. The zero-order valence-corrected chi connectivity index (χ0v) is 20.8. The maximum absolute atomic E-state index is 13.6. The first kappa shape index (κ1) is 21.4. The SMILES string of the molecule is CCN1C(=O)c2c(nc(Br)n2Cc2cc(Cl)c3occc3c2)N2C[C@@H](Cc3ccccc3)N=C12. The van der Waals surface area contributed by atoms with Crippen LogP contribution in [0.3, 0.4) is 0 Å². The van der Waals surface area contributed by atoms with Crippen molar-refractivity contribution in [2.45, 2.75) is 25.9 Å². The van der Waals surface area contributed by atoms with Crippen LogP contribution in [0.15, 0.2) is 68.9 Å². The van der Waals surface area contributed by atoms with Gasteiger partial charge in [0.05, 0.1) is 30.4 Å². The second-order valence-electron chi connectivity index (χ2n) is 8.49. The Morgan fingerprint density at radius 1 is 1.18 bits per heavy atom. The summed E-state index contributed by atoms with van der Waals surface area (Å²) in [5, 5.41) is 1.47. The Bertz CT molecular complexity index is 1440. The van der Waals surface area contributed by atoms with E-state index in [9.17, 15) is 4.79 Å². The Morgan fingerprint density at radius 3 is 2.79 bits per heavy atom. The highest BCUT2D eigenvalue weighted by molar-refractivity contribution is 9.10. The van der Waals surface area contributed by atoms with E-state index in [2.05, 4.69) is 33.0 Å². The van der Waals surface area contributed by atoms with E-state index in [1.165, 1.54) is 5.56 Å². The molecule has 2 aliphatic rings. The van der Waals surface area contributed by atoms with Gasteiger partial charge in [-0.15, -0.1) is 0 Å². The van der Waals surface area contributed by atoms with Crippen LogP contribution in [0.1, 0.15) is 28.5 Å². The van der Waals surface area contributed by atoms with Gasteiger partial charge in [0.25, 0.3) is 5.91 Å². The molecule has 1 amide bonds. The van der Waals surface area contributed by atoms with Gasteiger partial charge in [-0.25, -0.2) is 9.98 Å². The van der Waals surface area contributed by atoms with E-state index in [4.69, 9.17) is 26.0 Å². The third-order valence-electron chi connectivity index (χ3n) is 6.32. The quantitative estimate of drug-likeness (QED) is 0.343. The molecule has 4 heterocycles. The van der Waals surface area contributed by atoms with Crippen LogP contribution in [-0.4, -0.2) is 45.4 Å². The summed E-state index contributed by atoms with van der Waals surface area (Å²) in [6.45, 7) is 3.62. The Hall–Kier alpha value is -3.10. The Kier molecular flexibility index (Phi) is 5.22. The monoisotopic (exact) mass is 537 g/mol. The number of hydrogen-bond donors (Lipinski definition) is 0. The highest BCUT2D eigenvalue weighted by Crippen LogP contribution is 2.35. The average Bonchev–Trinajstić information content (AvgIpc) is 3.53. The lowest BCUT2D eigenvalue weighted by Gasteiger charge is -2.33. The van der Waals surface area contributed by atoms with Gasteiger partial charge in [0.15, 0.2) is 21.8 Å². The van der Waals surface area contributed by atoms with Crippen molar-refractivity contribution in [3.8, 4) is 0 Å². The molecule has 2 aliphatic heterocycles. The molecule has 2 aromatic heterocycles. The number of benzene rings is 2. The van der Waals surface area contributed by atoms with Crippen LogP contribution >= 0.6 is 27.5 Å². The number of halogens is 2. The minimum absolute atomic E-state index is 0.0523. The molecule has 0 unspecified atom stereocenters. The fourth-order valence-corrected chi connectivity index (χ4v) is 5.56. The Morgan fingerprint density at radius 2 is 2.00 bits per heavy atom. The first-order chi connectivity index (χ1) is 16.5. The number of rotatable bonds is 5. The van der Waals surface area contributed by atoms with Crippen LogP contribution < -0.4 is 4.90 Å². The molecule has 2 aromatic carbocycles. The molecule has 0 fully saturated rings. The standard InChI is InChI=1S/C25H21BrClN5O2/c1-2-30-23(33)20-22(32-14-18(28-25(30)32)11-15-6-4-3-5-7-15)29-24(26)31(20)13-16-10-17-8-9-34-21(17)19(27)12-16/h3-10,12,18H,2,11,13-14H2,1H3/t18-/m1/s1. The van der Waals surface area contributed by atoms with Crippen molar-refractivity contribution in [1.29, 1.82) is 0 Å². The fourth-order valence-electron chi connectivity index (χ4n) is 4.79. The lowest BCUT2D eigenvalue weighted by atomic mass is 10.1. The second-order valence-corrected chi connectivity index (χ2v) is 9.60. The van der Waals surface area contributed by atoms with Crippen molar-refractivity contribution < 1.29 is 9.21 Å². The molecule has 1 atom stereocenters. The summed E-state index contributed by atoms with van der Waals surface area (Å²) in [6.07, 6.45) is 2.44. The number of anilines is 1. The number of aromatic nitrogens is 2. The molecule has 0 saturated carbocycles. The minimum atomic E-state index is -0.0958. The van der Waals surface area contributed by atoms with Crippen LogP contribution in [0.4, 0.5) is 5.82 Å². The number of hydrogen-bond acceptors (Lipinski definition) is 5. The van der Waals surface area contributed by atoms with E-state index in [1.54, 1.807) is 11.2 Å². The molecule has 6 rings (SSSR count). The molecule has 9 heteroatoms. The Balaban J connectivity index is 1.37. The smallest absolute Gasteiger partial charge is 0.281 e. The third-order valence-corrected chi connectivity index (χ3v) is 7.20. The van der Waals surface area contributed by atoms with Gasteiger partial charge in [-0.2, -0.15) is 0 Å². The molecule has 0 N–H and O–H groups in total. The van der Waals surface area contributed by atoms with Crippen molar-refractivity contribution >= 4 is 56.2 Å². The number of carbonyl (C=O) groups is 1. The van der Waals surface area contributed by atoms with Gasteiger partial charge < -0.3 is 8.98 Å². The van der Waals surface area contributed by atoms with E-state index in [0.717, 1.165) is 17.4 Å². The van der Waals surface area contributed by atoms with E-state index < -0.39 is 0 Å². The number of nitrogens with zero attached hydrogens (tertiary/aromatic N) is 5. The van der Waals surface area contributed by atoms with Crippen LogP contribution in [0.2, 0.25) is 5.02 Å². The molecule has 172 valence electrons. The topological polar surface area (TPSA) is 66.9 Å². The van der Waals surface area contributed by atoms with Crippen LogP contribution in [0.25, 0.3) is 11.0 Å². The molecule has 0 bridgehead atoms. The molecule has 0 aliphatic carbocycles. The third kappa shape index (κ3) is 3.44. The lowest BCUT2D eigenvalue weighted by molar-refractivity contribution is 0.0836. The molecule has 0 radical (unpaired) electrons. The summed E-state index contributed by atoms with van der Waals surface area (Å²) in [5.41, 5.74) is 3.40. The van der Waals surface area contributed by atoms with Crippen molar-refractivity contribution in [1.82, 2.24) is 14.5 Å². The highest BCUT2D eigenvalue weighted by Gasteiger charge is 2.43. The summed E-state index contributed by atoms with van der Waals surface area (Å²) in [5.74, 6) is 1.23. The van der Waals surface area contributed by atoms with E-state index in [-0.39, 0.29) is 11.9 Å². The van der Waals surface area contributed by atoms with Crippen molar-refractivity contribution in [3.05, 3.63) is 81.4 Å². The molecule has 0 spiro atoms. The van der Waals surface area contributed by atoms with Crippen molar-refractivity contribution in [2.24, 2.45) is 4.99 Å². The molecular weight excluding hydrogens is 518 g/mol. The second kappa shape index (κ2) is 8.29. The fraction of sp³-hybridized carbons (Fsp3) is 0.240. The lowest BCUT2D eigenvalue weighted by Crippen LogP contribution is -2.50. The van der Waals surface area contributed by atoms with E-state index in [0.29, 0.717) is 52.4 Å². The normalized spacial score (nSPS) is 17.3. The molecule has 0 saturated heterocycles. The van der Waals surface area contributed by atoms with Crippen molar-refractivity contribution in [3.63, 3.8) is 0 Å². The maximum atomic E-state index is 13.6. The highest BCUT2D eigenvalue weighted by atomic mass is 79.9. The summed E-state index contributed by atoms with van der Waals surface area (Å²) >= 11 is 10.0. The van der Waals surface area contributed by atoms with Crippen molar-refractivity contribution in [2.75, 3.05) is 18.0 Å². The van der Waals surface area contributed by atoms with Gasteiger partial charge in [-0.3, -0.25) is 14.6 Å². The van der Waals surface area contributed by atoms with Gasteiger partial charge in [0.1, 0.15) is 0 Å². The van der Waals surface area contributed by atoms with Gasteiger partial charge >= 0.3 is 0 Å². The van der Waals surface area contributed by atoms with E-state index >= 15 is 0 Å². The van der Waals surface area contributed by atoms with Gasteiger partial charge in [0.2, 0.25) is 5.96 Å². The summed E-state index contributed by atoms with van der Waals surface area (Å²) in [7, 11) is 0. The first-order valence-corrected chi connectivity index (χ1v) is 12.3. The molecule has 34 heavy (non-hydrogen) atoms. The number of aliphatic imine (C=N–C) groups is 1. The summed E-state index contributed by atoms with van der Waals surface area (Å²) in [6, 6.07) is 16.1. The van der Waals surface area contributed by atoms with Crippen LogP contribution in [0.5, 0.6) is 0 Å². The number of fused-ring (bicyclic) bond motifs is 4. The predicted molar refractivity (Wildman–Crippen MR) is 136 cm³/mol. The Labute approximate surface area is 209 Å². The number of amides is 1. The molecule has 7 nitrogen and oxygen atoms in total. The number of imidazole rings is 1. The van der Waals surface area contributed by atoms with E-state index in [1.807, 2.05) is 47.9 Å². The van der Waals surface area contributed by atoms with Crippen LogP contribution in [-0.2, 0) is 13.0 Å². The zero-order valence-electron chi connectivity index (χ0n) is 18.4. The number of furan rings is 1. The van der Waals surface area contributed by atoms with Gasteiger partial charge in [-0.1, -0.05) is 41.9 Å². The molecule has 4 aromatic rings. The first-order valence-electron chi connectivity index (χ1n) is 11.2. The largest absolute Gasteiger partial charge is 0.463 e. The average molecular weight is 539 g/mol. The van der Waals surface area contributed by atoms with Gasteiger partial charge in [0, 0.05) is 11.9 Å². The summed E-state index contributed by atoms with van der Waals surface area (Å²) in [4.78, 5) is 27.1. The number of carbonyl (C=O) groups excluding carboxylic acids is 1. The van der Waals surface area contributed by atoms with Crippen LogP contribution in [0, 0.1) is 0 Å². The predicted octanol–water partition coefficient (Wildman–Crippen LogP) is 5.36. The number of guanidine groups is 1. The minimum Gasteiger partial charge on any atom is -0.463 e. The zero-order chi connectivity index (χ0) is 23.4. The maximum Gasteiger partial charge on any atom is 0.281 e. The molecular formula is C25H21BrClN5O2.